The molecule has 5 atom stereocenters. The Balaban J connectivity index is 1.58. The van der Waals surface area contributed by atoms with E-state index < -0.39 is 44.1 Å². The summed E-state index contributed by atoms with van der Waals surface area (Å²) >= 11 is 0. The Labute approximate surface area is 289 Å². The lowest BCUT2D eigenvalue weighted by Gasteiger charge is -2.27. The SMILES string of the molecule is CC/C=C\C/C=C\C/C=C\C/C=C\C/C=C\C/C=C\CCC(=O)NCCNP(=O)(OC)OC[C@H]1O[C@@H](n2ccc(N)nc2=O)[C@](C)(O)[C@@H]1O. The maximum atomic E-state index is 13.0. The van der Waals surface area contributed by atoms with Gasteiger partial charge in [-0.3, -0.25) is 13.9 Å². The maximum Gasteiger partial charge on any atom is 0.405 e. The molecule has 1 saturated heterocycles. The summed E-state index contributed by atoms with van der Waals surface area (Å²) in [6, 6.07) is 1.35. The summed E-state index contributed by atoms with van der Waals surface area (Å²) in [6.45, 7) is 3.25. The van der Waals surface area contributed by atoms with Crippen molar-refractivity contribution in [2.75, 3.05) is 32.5 Å². The van der Waals surface area contributed by atoms with E-state index in [0.29, 0.717) is 12.8 Å². The predicted molar refractivity (Wildman–Crippen MR) is 192 cm³/mol. The molecule has 0 aromatic carbocycles. The van der Waals surface area contributed by atoms with Gasteiger partial charge in [-0.25, -0.2) is 14.4 Å². The van der Waals surface area contributed by atoms with E-state index in [-0.39, 0.29) is 24.8 Å². The highest BCUT2D eigenvalue weighted by Crippen LogP contribution is 2.45. The summed E-state index contributed by atoms with van der Waals surface area (Å²) in [4.78, 5) is 28.0. The van der Waals surface area contributed by atoms with Crippen LogP contribution in [0.15, 0.2) is 90.0 Å². The summed E-state index contributed by atoms with van der Waals surface area (Å²) in [5, 5.41) is 26.8. The van der Waals surface area contributed by atoms with Crippen molar-refractivity contribution in [2.45, 2.75) is 89.3 Å². The second-order valence-corrected chi connectivity index (χ2v) is 13.4. The molecule has 1 aliphatic rings. The minimum Gasteiger partial charge on any atom is -0.387 e. The molecule has 0 aliphatic carbocycles. The maximum absolute atomic E-state index is 13.0. The van der Waals surface area contributed by atoms with Crippen LogP contribution in [-0.2, 0) is 23.1 Å². The van der Waals surface area contributed by atoms with Gasteiger partial charge >= 0.3 is 13.4 Å². The number of allylic oxidation sites excluding steroid dienone is 12. The number of carbonyl (C=O) groups excluding carboxylic acids is 1. The Kier molecular flexibility index (Phi) is 19.7. The van der Waals surface area contributed by atoms with Crippen LogP contribution in [0.2, 0.25) is 0 Å². The number of nitrogens with two attached hydrogens (primary N) is 1. The Bertz CT molecular complexity index is 1420. The Morgan fingerprint density at radius 2 is 1.57 bits per heavy atom. The smallest absolute Gasteiger partial charge is 0.387 e. The largest absolute Gasteiger partial charge is 0.405 e. The Hall–Kier alpha value is -3.42. The lowest BCUT2D eigenvalue weighted by Crippen LogP contribution is -2.46. The zero-order valence-corrected chi connectivity index (χ0v) is 29.8. The molecule has 0 radical (unpaired) electrons. The summed E-state index contributed by atoms with van der Waals surface area (Å²) in [6.07, 6.45) is 29.5. The number of rotatable bonds is 23. The van der Waals surface area contributed by atoms with Gasteiger partial charge in [-0.15, -0.1) is 0 Å². The third-order valence-corrected chi connectivity index (χ3v) is 8.98. The number of aliphatic hydroxyl groups is 2. The molecule has 14 heteroatoms. The number of hydrogen-bond acceptors (Lipinski definition) is 10. The van der Waals surface area contributed by atoms with Gasteiger partial charge in [0.1, 0.15) is 23.6 Å². The van der Waals surface area contributed by atoms with Crippen molar-refractivity contribution in [3.8, 4) is 0 Å². The van der Waals surface area contributed by atoms with E-state index in [2.05, 4.69) is 83.1 Å². The van der Waals surface area contributed by atoms with Gasteiger partial charge in [0.25, 0.3) is 0 Å². The van der Waals surface area contributed by atoms with Crippen LogP contribution in [0, 0.1) is 0 Å². The molecule has 1 aromatic rings. The van der Waals surface area contributed by atoms with Crippen molar-refractivity contribution in [1.29, 1.82) is 0 Å². The van der Waals surface area contributed by atoms with Gasteiger partial charge in [0.2, 0.25) is 5.91 Å². The molecule has 6 N–H and O–H groups in total. The fourth-order valence-corrected chi connectivity index (χ4v) is 5.71. The standard InChI is InChI=1S/C35H54N5O8P/c1-4-5-6-7-8-9-10-11-12-13-14-15-16-17-18-19-20-21-22-23-31(41)37-25-26-38-49(45,46-3)47-28-29-32(42)35(2,44)33(48-29)40-27-24-30(36)39-34(40)43/h5-6,8-9,11-12,14-15,17-18,20-21,24,27,29,32-33,42,44H,4,7,10,13,16,19,22-23,25-26,28H2,1-3H3,(H,37,41)(H,38,45)(H2,36,39,43)/b6-5-,9-8-,12-11-,15-14-,18-17-,21-20-/t29-,32-,33-,35-,49?/m1/s1. The van der Waals surface area contributed by atoms with Gasteiger partial charge in [0.05, 0.1) is 6.61 Å². The van der Waals surface area contributed by atoms with Crippen LogP contribution < -0.4 is 21.8 Å². The van der Waals surface area contributed by atoms with Gasteiger partial charge in [-0.05, 0) is 57.9 Å². The summed E-state index contributed by atoms with van der Waals surface area (Å²) in [5.74, 6) is -0.162. The van der Waals surface area contributed by atoms with Crippen molar-refractivity contribution in [2.24, 2.45) is 0 Å². The number of nitrogens with one attached hydrogen (secondary N) is 2. The Morgan fingerprint density at radius 3 is 2.10 bits per heavy atom. The van der Waals surface area contributed by atoms with Crippen LogP contribution in [0.5, 0.6) is 0 Å². The van der Waals surface area contributed by atoms with E-state index in [0.717, 1.165) is 43.1 Å². The Morgan fingerprint density at radius 1 is 1.02 bits per heavy atom. The second-order valence-electron chi connectivity index (χ2n) is 11.4. The number of anilines is 1. The molecule has 2 rings (SSSR count). The van der Waals surface area contributed by atoms with E-state index in [1.165, 1.54) is 26.3 Å². The molecule has 1 unspecified atom stereocenters. The van der Waals surface area contributed by atoms with Crippen LogP contribution in [-0.4, -0.2) is 70.3 Å². The van der Waals surface area contributed by atoms with Crippen LogP contribution in [0.4, 0.5) is 5.82 Å². The molecule has 0 bridgehead atoms. The van der Waals surface area contributed by atoms with Crippen molar-refractivity contribution < 1.29 is 33.4 Å². The monoisotopic (exact) mass is 703 g/mol. The molecule has 0 spiro atoms. The van der Waals surface area contributed by atoms with Crippen molar-refractivity contribution >= 4 is 19.5 Å². The van der Waals surface area contributed by atoms with E-state index in [4.69, 9.17) is 19.5 Å². The van der Waals surface area contributed by atoms with Crippen molar-refractivity contribution in [1.82, 2.24) is 20.0 Å². The number of nitrogen functional groups attached to an aromatic ring is 1. The zero-order chi connectivity index (χ0) is 36.0. The predicted octanol–water partition coefficient (Wildman–Crippen LogP) is 4.79. The van der Waals surface area contributed by atoms with E-state index in [9.17, 15) is 24.4 Å². The molecule has 2 heterocycles. The number of aliphatic hydroxyl groups excluding tert-OH is 1. The highest BCUT2D eigenvalue weighted by atomic mass is 31.2. The number of hydrogen-bond donors (Lipinski definition) is 5. The van der Waals surface area contributed by atoms with Gasteiger partial charge < -0.3 is 30.5 Å². The summed E-state index contributed by atoms with van der Waals surface area (Å²) in [7, 11) is -2.66. The normalized spacial score (nSPS) is 22.9. The fourth-order valence-electron chi connectivity index (χ4n) is 4.65. The van der Waals surface area contributed by atoms with Crippen LogP contribution in [0.3, 0.4) is 0 Å². The highest BCUT2D eigenvalue weighted by molar-refractivity contribution is 7.51. The second kappa shape index (κ2) is 23.1. The minimum atomic E-state index is -3.85. The lowest BCUT2D eigenvalue weighted by molar-refractivity contribution is -0.120. The van der Waals surface area contributed by atoms with E-state index in [1.807, 2.05) is 12.2 Å². The zero-order valence-electron chi connectivity index (χ0n) is 28.9. The van der Waals surface area contributed by atoms with Gasteiger partial charge in [-0.1, -0.05) is 79.8 Å². The first kappa shape index (κ1) is 41.7. The molecule has 1 fully saturated rings. The van der Waals surface area contributed by atoms with Crippen molar-refractivity contribution in [3.05, 3.63) is 95.7 Å². The van der Waals surface area contributed by atoms with E-state index >= 15 is 0 Å². The third kappa shape index (κ3) is 15.8. The number of aromatic nitrogens is 2. The van der Waals surface area contributed by atoms with Crippen LogP contribution in [0.1, 0.15) is 71.4 Å². The van der Waals surface area contributed by atoms with E-state index in [1.54, 1.807) is 0 Å². The summed E-state index contributed by atoms with van der Waals surface area (Å²) in [5.41, 5.74) is 2.85. The molecular formula is C35H54N5O8P. The quantitative estimate of drug-likeness (QED) is 0.0599. The first-order chi connectivity index (χ1) is 23.5. The number of carbonyl (C=O) groups is 1. The first-order valence-electron chi connectivity index (χ1n) is 16.7. The first-order valence-corrected chi connectivity index (χ1v) is 18.2. The average Bonchev–Trinajstić information content (AvgIpc) is 3.30. The van der Waals surface area contributed by atoms with Gasteiger partial charge in [-0.2, -0.15) is 4.98 Å². The molecule has 1 aromatic heterocycles. The molecular weight excluding hydrogens is 649 g/mol. The lowest BCUT2D eigenvalue weighted by atomic mass is 9.96. The van der Waals surface area contributed by atoms with Gasteiger partial charge in [0, 0.05) is 32.8 Å². The average molecular weight is 704 g/mol. The fraction of sp³-hybridized carbons (Fsp3) is 0.514. The van der Waals surface area contributed by atoms with Crippen LogP contribution >= 0.6 is 7.75 Å². The highest BCUT2D eigenvalue weighted by Gasteiger charge is 2.54. The van der Waals surface area contributed by atoms with Crippen molar-refractivity contribution in [3.63, 3.8) is 0 Å². The number of amides is 1. The number of nitrogens with zero attached hydrogens (tertiary/aromatic N) is 2. The molecule has 272 valence electrons. The topological polar surface area (TPSA) is 187 Å². The molecule has 1 aliphatic heterocycles. The summed E-state index contributed by atoms with van der Waals surface area (Å²) < 4.78 is 30.1. The van der Waals surface area contributed by atoms with Gasteiger partial charge in [0.15, 0.2) is 6.23 Å². The molecule has 0 saturated carbocycles. The minimum absolute atomic E-state index is 0.00694. The van der Waals surface area contributed by atoms with Crippen LogP contribution in [0.25, 0.3) is 0 Å². The molecule has 13 nitrogen and oxygen atoms in total. The third-order valence-electron chi connectivity index (χ3n) is 7.40. The molecule has 1 amide bonds. The number of ether oxygens (including phenoxy) is 1. The molecule has 49 heavy (non-hydrogen) atoms.